The first-order valence-electron chi connectivity index (χ1n) is 8.08. The molecule has 1 saturated heterocycles. The lowest BCUT2D eigenvalue weighted by atomic mass is 10.0. The molecule has 122 valence electrons. The monoisotopic (exact) mass is 306 g/mol. The summed E-state index contributed by atoms with van der Waals surface area (Å²) < 4.78 is 10.8. The van der Waals surface area contributed by atoms with Crippen molar-refractivity contribution in [1.29, 1.82) is 0 Å². The van der Waals surface area contributed by atoms with Gasteiger partial charge in [-0.05, 0) is 44.0 Å². The Morgan fingerprint density at radius 1 is 1.32 bits per heavy atom. The van der Waals surface area contributed by atoms with Crippen LogP contribution in [0.25, 0.3) is 0 Å². The van der Waals surface area contributed by atoms with Crippen LogP contribution in [0.2, 0.25) is 0 Å². The molecule has 0 radical (unpaired) electrons. The molecule has 1 unspecified atom stereocenters. The first-order valence-corrected chi connectivity index (χ1v) is 8.08. The van der Waals surface area contributed by atoms with Crippen molar-refractivity contribution in [3.8, 4) is 0 Å². The summed E-state index contributed by atoms with van der Waals surface area (Å²) in [6.45, 7) is 5.31. The smallest absolute Gasteiger partial charge is 0.241 e. The van der Waals surface area contributed by atoms with Gasteiger partial charge in [-0.25, -0.2) is 0 Å². The lowest BCUT2D eigenvalue weighted by Crippen LogP contribution is -2.43. The summed E-state index contributed by atoms with van der Waals surface area (Å²) >= 11 is 0. The number of carbonyl (C=O) groups is 1. The van der Waals surface area contributed by atoms with Gasteiger partial charge in [0.05, 0.1) is 25.9 Å². The number of rotatable bonds is 8. The van der Waals surface area contributed by atoms with Gasteiger partial charge in [-0.2, -0.15) is 0 Å². The number of carbonyl (C=O) groups excluding carboxylic acids is 1. The molecule has 2 rings (SSSR count). The third-order valence-corrected chi connectivity index (χ3v) is 3.67. The Labute approximate surface area is 132 Å². The van der Waals surface area contributed by atoms with E-state index in [2.05, 4.69) is 10.6 Å². The van der Waals surface area contributed by atoms with Crippen molar-refractivity contribution in [2.45, 2.75) is 38.8 Å². The summed E-state index contributed by atoms with van der Waals surface area (Å²) in [5.74, 6) is 0.0501. The molecule has 1 aromatic rings. The Morgan fingerprint density at radius 3 is 2.95 bits per heavy atom. The third kappa shape index (κ3) is 5.75. The van der Waals surface area contributed by atoms with Crippen LogP contribution in [0.3, 0.4) is 0 Å². The predicted molar refractivity (Wildman–Crippen MR) is 86.9 cm³/mol. The van der Waals surface area contributed by atoms with Gasteiger partial charge in [0.1, 0.15) is 0 Å². The molecule has 1 heterocycles. The van der Waals surface area contributed by atoms with E-state index in [1.165, 1.54) is 0 Å². The third-order valence-electron chi connectivity index (χ3n) is 3.67. The van der Waals surface area contributed by atoms with Crippen LogP contribution >= 0.6 is 0 Å². The van der Waals surface area contributed by atoms with E-state index >= 15 is 0 Å². The van der Waals surface area contributed by atoms with Crippen molar-refractivity contribution >= 4 is 11.6 Å². The van der Waals surface area contributed by atoms with Crippen LogP contribution in [-0.2, 0) is 20.9 Å². The van der Waals surface area contributed by atoms with Crippen LogP contribution < -0.4 is 10.6 Å². The maximum atomic E-state index is 12.2. The predicted octanol–water partition coefficient (Wildman–Crippen LogP) is 2.32. The molecule has 1 aliphatic rings. The lowest BCUT2D eigenvalue weighted by molar-refractivity contribution is -0.118. The molecular formula is C17H26N2O3. The maximum Gasteiger partial charge on any atom is 0.241 e. The average Bonchev–Trinajstić information content (AvgIpc) is 2.56. The Balaban J connectivity index is 1.78. The Kier molecular flexibility index (Phi) is 7.36. The van der Waals surface area contributed by atoms with E-state index < -0.39 is 0 Å². The molecule has 0 spiro atoms. The molecule has 1 aromatic carbocycles. The van der Waals surface area contributed by atoms with Crippen LogP contribution in [0.15, 0.2) is 24.3 Å². The van der Waals surface area contributed by atoms with E-state index in [0.717, 1.165) is 37.1 Å². The second-order valence-corrected chi connectivity index (χ2v) is 5.44. The fourth-order valence-electron chi connectivity index (χ4n) is 2.50. The van der Waals surface area contributed by atoms with Crippen LogP contribution in [0.1, 0.15) is 31.7 Å². The minimum absolute atomic E-state index is 0.0501. The normalized spacial score (nSPS) is 18.1. The summed E-state index contributed by atoms with van der Waals surface area (Å²) in [7, 11) is 0. The van der Waals surface area contributed by atoms with E-state index in [1.54, 1.807) is 0 Å². The van der Waals surface area contributed by atoms with E-state index in [4.69, 9.17) is 9.47 Å². The first-order chi connectivity index (χ1) is 10.8. The standard InChI is InChI=1S/C17H26N2O3/c1-2-21-10-11-22-13-14-6-5-7-15(12-14)19-17(20)16-8-3-4-9-18-16/h5-7,12,16,18H,2-4,8-11,13H2,1H3,(H,19,20). The molecule has 0 saturated carbocycles. The number of anilines is 1. The van der Waals surface area contributed by atoms with Gasteiger partial charge in [0.2, 0.25) is 5.91 Å². The molecule has 22 heavy (non-hydrogen) atoms. The van der Waals surface area contributed by atoms with Crippen LogP contribution in [0, 0.1) is 0 Å². The van der Waals surface area contributed by atoms with Crippen molar-refractivity contribution in [3.63, 3.8) is 0 Å². The second-order valence-electron chi connectivity index (χ2n) is 5.44. The lowest BCUT2D eigenvalue weighted by Gasteiger charge is -2.22. The zero-order valence-electron chi connectivity index (χ0n) is 13.3. The molecule has 1 amide bonds. The zero-order chi connectivity index (χ0) is 15.6. The molecule has 1 fully saturated rings. The number of hydrogen-bond donors (Lipinski definition) is 2. The second kappa shape index (κ2) is 9.56. The fourth-order valence-corrected chi connectivity index (χ4v) is 2.50. The van der Waals surface area contributed by atoms with Crippen molar-refractivity contribution in [3.05, 3.63) is 29.8 Å². The van der Waals surface area contributed by atoms with Gasteiger partial charge in [0.15, 0.2) is 0 Å². The SMILES string of the molecule is CCOCCOCc1cccc(NC(=O)C2CCCCN2)c1. The molecule has 0 aromatic heterocycles. The summed E-state index contributed by atoms with van der Waals surface area (Å²) in [6, 6.07) is 7.73. The van der Waals surface area contributed by atoms with Crippen molar-refractivity contribution in [2.75, 3.05) is 31.7 Å². The number of hydrogen-bond acceptors (Lipinski definition) is 4. The van der Waals surface area contributed by atoms with Crippen molar-refractivity contribution in [1.82, 2.24) is 5.32 Å². The molecule has 0 bridgehead atoms. The first kappa shape index (κ1) is 16.9. The van der Waals surface area contributed by atoms with Crippen molar-refractivity contribution in [2.24, 2.45) is 0 Å². The summed E-state index contributed by atoms with van der Waals surface area (Å²) in [6.07, 6.45) is 3.17. The molecule has 0 aliphatic carbocycles. The van der Waals surface area contributed by atoms with Crippen LogP contribution in [-0.4, -0.2) is 38.3 Å². The minimum atomic E-state index is -0.0696. The Hall–Kier alpha value is -1.43. The van der Waals surface area contributed by atoms with Gasteiger partial charge in [-0.1, -0.05) is 18.6 Å². The van der Waals surface area contributed by atoms with E-state index in [9.17, 15) is 4.79 Å². The number of nitrogens with one attached hydrogen (secondary N) is 2. The van der Waals surface area contributed by atoms with Gasteiger partial charge in [0.25, 0.3) is 0 Å². The fraction of sp³-hybridized carbons (Fsp3) is 0.588. The highest BCUT2D eigenvalue weighted by molar-refractivity contribution is 5.94. The molecule has 1 aliphatic heterocycles. The highest BCUT2D eigenvalue weighted by atomic mass is 16.5. The molecule has 2 N–H and O–H groups in total. The summed E-state index contributed by atoms with van der Waals surface area (Å²) in [5.41, 5.74) is 1.87. The Bertz CT molecular complexity index is 459. The van der Waals surface area contributed by atoms with Crippen LogP contribution in [0.5, 0.6) is 0 Å². The summed E-state index contributed by atoms with van der Waals surface area (Å²) in [5, 5.41) is 6.24. The van der Waals surface area contributed by atoms with Gasteiger partial charge < -0.3 is 20.1 Å². The highest BCUT2D eigenvalue weighted by Crippen LogP contribution is 2.14. The van der Waals surface area contributed by atoms with Crippen molar-refractivity contribution < 1.29 is 14.3 Å². The van der Waals surface area contributed by atoms with E-state index in [0.29, 0.717) is 26.4 Å². The largest absolute Gasteiger partial charge is 0.379 e. The van der Waals surface area contributed by atoms with E-state index in [1.807, 2.05) is 31.2 Å². The number of benzene rings is 1. The number of piperidine rings is 1. The Morgan fingerprint density at radius 2 is 2.18 bits per heavy atom. The topological polar surface area (TPSA) is 59.6 Å². The average molecular weight is 306 g/mol. The molecular weight excluding hydrogens is 280 g/mol. The quantitative estimate of drug-likeness (QED) is 0.724. The minimum Gasteiger partial charge on any atom is -0.379 e. The number of ether oxygens (including phenoxy) is 2. The molecule has 5 heteroatoms. The maximum absolute atomic E-state index is 12.2. The van der Waals surface area contributed by atoms with Gasteiger partial charge in [-0.3, -0.25) is 4.79 Å². The van der Waals surface area contributed by atoms with Gasteiger partial charge in [0, 0.05) is 12.3 Å². The van der Waals surface area contributed by atoms with Crippen LogP contribution in [0.4, 0.5) is 5.69 Å². The number of amides is 1. The summed E-state index contributed by atoms with van der Waals surface area (Å²) in [4.78, 5) is 12.2. The zero-order valence-corrected chi connectivity index (χ0v) is 13.3. The van der Waals surface area contributed by atoms with Gasteiger partial charge in [-0.15, -0.1) is 0 Å². The van der Waals surface area contributed by atoms with E-state index in [-0.39, 0.29) is 11.9 Å². The molecule has 5 nitrogen and oxygen atoms in total. The molecule has 1 atom stereocenters. The van der Waals surface area contributed by atoms with Gasteiger partial charge >= 0.3 is 0 Å². The highest BCUT2D eigenvalue weighted by Gasteiger charge is 2.20.